The SMILES string of the molecule is Cc1cc([C@@H](C(=O)N2C[C@H](O)C[C@H]2C(=O)NCc2ccc(-c3scnc3C)cc2OCCOCCN(C)C(=O)CCNc2nc(N3CCN(C(N)=O)CC3)c3cc(Cl)c(-c4c(O)cccc4F)c(F)c3n2)C(C)C)on1. The number of halogens is 3. The number of aromatic hydroxyl groups is 1. The quantitative estimate of drug-likeness (QED) is 0.0531. The number of piperazine rings is 1. The van der Waals surface area contributed by atoms with E-state index in [1.165, 1.54) is 44.2 Å². The summed E-state index contributed by atoms with van der Waals surface area (Å²) in [6.07, 6.45) is -0.805. The summed E-state index contributed by atoms with van der Waals surface area (Å²) in [5.41, 5.74) is 9.27. The largest absolute Gasteiger partial charge is 0.507 e. The summed E-state index contributed by atoms with van der Waals surface area (Å²) in [7, 11) is 1.63. The third kappa shape index (κ3) is 12.4. The van der Waals surface area contributed by atoms with Crippen LogP contribution in [0.5, 0.6) is 11.5 Å². The monoisotopic (exact) mass is 1090 g/mol. The highest BCUT2D eigenvalue weighted by Gasteiger charge is 2.43. The lowest BCUT2D eigenvalue weighted by Gasteiger charge is -2.35. The molecule has 0 bridgehead atoms. The molecule has 2 aliphatic rings. The Morgan fingerprint density at radius 3 is 2.49 bits per heavy atom. The predicted molar refractivity (Wildman–Crippen MR) is 281 cm³/mol. The number of nitrogens with one attached hydrogen (secondary N) is 2. The number of anilines is 2. The van der Waals surface area contributed by atoms with Crippen LogP contribution in [0.4, 0.5) is 25.3 Å². The molecule has 24 heteroatoms. The van der Waals surface area contributed by atoms with Gasteiger partial charge in [-0.15, -0.1) is 11.3 Å². The van der Waals surface area contributed by atoms with Crippen molar-refractivity contribution in [1.82, 2.24) is 40.1 Å². The van der Waals surface area contributed by atoms with Crippen molar-refractivity contribution in [3.05, 3.63) is 93.4 Å². The summed E-state index contributed by atoms with van der Waals surface area (Å²) in [5.74, 6) is -3.06. The van der Waals surface area contributed by atoms with E-state index in [-0.39, 0.29) is 123 Å². The van der Waals surface area contributed by atoms with E-state index in [0.717, 1.165) is 22.2 Å². The van der Waals surface area contributed by atoms with Gasteiger partial charge in [-0.3, -0.25) is 14.4 Å². The maximum atomic E-state index is 16.5. The fourth-order valence-electron chi connectivity index (χ4n) is 9.34. The van der Waals surface area contributed by atoms with Gasteiger partial charge in [-0.25, -0.2) is 23.5 Å². The van der Waals surface area contributed by atoms with Crippen LogP contribution in [0.15, 0.2) is 58.6 Å². The second kappa shape index (κ2) is 24.2. The number of thiazole rings is 1. The molecular formula is C52H60ClF2N11O9S. The Morgan fingerprint density at radius 2 is 1.80 bits per heavy atom. The highest BCUT2D eigenvalue weighted by Crippen LogP contribution is 2.43. The first-order valence-corrected chi connectivity index (χ1v) is 26.0. The summed E-state index contributed by atoms with van der Waals surface area (Å²) >= 11 is 8.06. The molecule has 20 nitrogen and oxygen atoms in total. The van der Waals surface area contributed by atoms with Crippen LogP contribution in [0.25, 0.3) is 32.5 Å². The van der Waals surface area contributed by atoms with Gasteiger partial charge in [0.1, 0.15) is 53.0 Å². The fraction of sp³-hybridized carbons (Fsp3) is 0.423. The zero-order chi connectivity index (χ0) is 54.4. The molecule has 404 valence electrons. The van der Waals surface area contributed by atoms with Gasteiger partial charge in [-0.05, 0) is 49.6 Å². The maximum Gasteiger partial charge on any atom is 0.314 e. The van der Waals surface area contributed by atoms with Gasteiger partial charge in [0.05, 0.1) is 51.7 Å². The van der Waals surface area contributed by atoms with E-state index in [1.807, 2.05) is 43.9 Å². The fourth-order valence-corrected chi connectivity index (χ4v) is 10.4. The Morgan fingerprint density at radius 1 is 1.03 bits per heavy atom. The average molecular weight is 1090 g/mol. The van der Waals surface area contributed by atoms with Crippen molar-refractivity contribution in [1.29, 1.82) is 0 Å². The van der Waals surface area contributed by atoms with Crippen LogP contribution < -0.4 is 26.0 Å². The highest BCUT2D eigenvalue weighted by molar-refractivity contribution is 7.13. The Kier molecular flexibility index (Phi) is 17.5. The number of carbonyl (C=O) groups is 4. The van der Waals surface area contributed by atoms with Crippen molar-refractivity contribution >= 4 is 69.4 Å². The number of phenols is 1. The lowest BCUT2D eigenvalue weighted by Crippen LogP contribution is -2.50. The van der Waals surface area contributed by atoms with Crippen molar-refractivity contribution in [2.45, 2.75) is 65.1 Å². The molecule has 6 N–H and O–H groups in total. The van der Waals surface area contributed by atoms with E-state index in [1.54, 1.807) is 25.5 Å². The number of hydrogen-bond acceptors (Lipinski definition) is 16. The Balaban J connectivity index is 0.863. The van der Waals surface area contributed by atoms with Crippen molar-refractivity contribution in [2.24, 2.45) is 11.7 Å². The maximum absolute atomic E-state index is 16.5. The zero-order valence-corrected chi connectivity index (χ0v) is 44.2. The lowest BCUT2D eigenvalue weighted by molar-refractivity contribution is -0.141. The number of likely N-dealkylation sites (tertiary alicyclic amines) is 1. The van der Waals surface area contributed by atoms with E-state index in [9.17, 15) is 29.4 Å². The molecule has 0 saturated carbocycles. The van der Waals surface area contributed by atoms with Gasteiger partial charge < -0.3 is 60.2 Å². The number of ether oxygens (including phenoxy) is 2. The van der Waals surface area contributed by atoms with Crippen LogP contribution >= 0.6 is 22.9 Å². The number of rotatable bonds is 20. The third-order valence-electron chi connectivity index (χ3n) is 13.4. The summed E-state index contributed by atoms with van der Waals surface area (Å²) < 4.78 is 49.2. The van der Waals surface area contributed by atoms with Gasteiger partial charge >= 0.3 is 6.03 Å². The van der Waals surface area contributed by atoms with Crippen molar-refractivity contribution < 1.29 is 52.2 Å². The minimum absolute atomic E-state index is 0.00349. The number of amides is 5. The highest BCUT2D eigenvalue weighted by atomic mass is 35.5. The number of aliphatic hydroxyl groups is 1. The topological polar surface area (TPSA) is 255 Å². The first kappa shape index (κ1) is 55.0. The van der Waals surface area contributed by atoms with Gasteiger partial charge in [0.15, 0.2) is 5.82 Å². The first-order chi connectivity index (χ1) is 36.4. The summed E-state index contributed by atoms with van der Waals surface area (Å²) in [5, 5.41) is 31.1. The number of β-amino-alcohol motifs (C(OH)–C–C–N with tert-alkyl or cyclic N) is 1. The number of fused-ring (bicyclic) bond motifs is 1. The average Bonchev–Trinajstić information content (AvgIpc) is 4.14. The van der Waals surface area contributed by atoms with Gasteiger partial charge in [-0.2, -0.15) is 4.98 Å². The molecule has 3 aromatic carbocycles. The number of nitrogens with two attached hydrogens (primary N) is 1. The molecule has 3 aromatic heterocycles. The molecule has 5 heterocycles. The molecule has 0 spiro atoms. The predicted octanol–water partition coefficient (Wildman–Crippen LogP) is 6.24. The minimum Gasteiger partial charge on any atom is -0.507 e. The minimum atomic E-state index is -0.991. The van der Waals surface area contributed by atoms with Crippen LogP contribution in [-0.4, -0.2) is 154 Å². The van der Waals surface area contributed by atoms with Crippen molar-refractivity contribution in [3.63, 3.8) is 0 Å². The second-order valence-electron chi connectivity index (χ2n) is 19.0. The summed E-state index contributed by atoms with van der Waals surface area (Å²) in [6, 6.07) is 10.9. The number of hydrogen-bond donors (Lipinski definition) is 5. The molecule has 76 heavy (non-hydrogen) atoms. The number of benzene rings is 3. The van der Waals surface area contributed by atoms with Crippen molar-refractivity contribution in [3.8, 4) is 33.1 Å². The molecule has 8 rings (SSSR count). The van der Waals surface area contributed by atoms with Crippen LogP contribution in [0.2, 0.25) is 5.02 Å². The van der Waals surface area contributed by atoms with E-state index in [0.29, 0.717) is 35.9 Å². The number of aryl methyl sites for hydroxylation is 2. The summed E-state index contributed by atoms with van der Waals surface area (Å²) in [6.45, 7) is 9.45. The Bertz CT molecular complexity index is 3080. The normalized spacial score (nSPS) is 16.1. The third-order valence-corrected chi connectivity index (χ3v) is 14.7. The lowest BCUT2D eigenvalue weighted by atomic mass is 9.91. The molecule has 2 aliphatic heterocycles. The van der Waals surface area contributed by atoms with E-state index < -0.39 is 52.9 Å². The number of aliphatic hydroxyl groups excluding tert-OH is 1. The van der Waals surface area contributed by atoms with Crippen molar-refractivity contribution in [2.75, 3.05) is 82.9 Å². The van der Waals surface area contributed by atoms with Gasteiger partial charge in [0, 0.05) is 94.8 Å². The zero-order valence-electron chi connectivity index (χ0n) is 42.6. The number of phenolic OH excluding ortho intramolecular Hbond substituents is 1. The van der Waals surface area contributed by atoms with Crippen LogP contribution in [0, 0.1) is 31.4 Å². The number of primary amides is 1. The standard InChI is InChI=1S/C52H60ClF2N11O9S/c1-28(2)42(40-21-29(3)62-75-40)50(71)66-26-33(67)23-37(66)49(70)58-25-32-10-9-31(47-30(4)59-27-76-47)22-39(32)74-20-19-73-18-17-63(5)41(69)11-12-57-52-60-46-34(48(61-52)64-13-15-65(16-14-64)51(56)72)24-35(53)43(45(46)55)44-36(54)7-6-8-38(44)68/h6-10,21-22,24,27-28,33,37,42,67-68H,11-20,23,25-26H2,1-5H3,(H2,56,72)(H,58,70)(H,57,60,61)/t33-,37+,42+/m1/s1. The van der Waals surface area contributed by atoms with E-state index >= 15 is 8.78 Å². The number of urea groups is 1. The molecule has 0 unspecified atom stereocenters. The van der Waals surface area contributed by atoms with E-state index in [4.69, 9.17) is 31.3 Å². The number of aromatic nitrogens is 4. The molecule has 6 aromatic rings. The molecule has 5 amide bonds. The van der Waals surface area contributed by atoms with Crippen LogP contribution in [0.1, 0.15) is 55.3 Å². The second-order valence-corrected chi connectivity index (χ2v) is 20.3. The number of nitrogens with zero attached hydrogens (tertiary/aromatic N) is 8. The number of likely N-dealkylation sites (N-methyl/N-ethyl adjacent to an activating group) is 1. The van der Waals surface area contributed by atoms with Gasteiger partial charge in [0.2, 0.25) is 23.7 Å². The summed E-state index contributed by atoms with van der Waals surface area (Å²) in [4.78, 5) is 73.5. The Hall–Kier alpha value is -7.21. The molecule has 0 radical (unpaired) electrons. The molecule has 3 atom stereocenters. The van der Waals surface area contributed by atoms with E-state index in [2.05, 4.69) is 30.7 Å². The van der Waals surface area contributed by atoms with Crippen LogP contribution in [-0.2, 0) is 25.7 Å². The first-order valence-electron chi connectivity index (χ1n) is 24.8. The van der Waals surface area contributed by atoms with Gasteiger partial charge in [0.25, 0.3) is 0 Å². The molecular weight excluding hydrogens is 1030 g/mol. The molecule has 0 aliphatic carbocycles. The van der Waals surface area contributed by atoms with Gasteiger partial charge in [-0.1, -0.05) is 48.8 Å². The molecule has 2 fully saturated rings. The van der Waals surface area contributed by atoms with Crippen LogP contribution in [0.3, 0.4) is 0 Å². The Labute approximate surface area is 446 Å². The number of carbonyl (C=O) groups excluding carboxylic acids is 4. The molecule has 2 saturated heterocycles. The smallest absolute Gasteiger partial charge is 0.314 e.